The first-order chi connectivity index (χ1) is 10.3. The number of rotatable bonds is 5. The van der Waals surface area contributed by atoms with Crippen molar-refractivity contribution in [2.75, 3.05) is 31.3 Å². The number of aromatic nitrogens is 2. The van der Waals surface area contributed by atoms with E-state index in [1.54, 1.807) is 0 Å². The second-order valence-corrected chi connectivity index (χ2v) is 6.77. The van der Waals surface area contributed by atoms with Crippen molar-refractivity contribution in [3.8, 4) is 0 Å². The first kappa shape index (κ1) is 16.2. The van der Waals surface area contributed by atoms with Crippen LogP contribution in [0.5, 0.6) is 0 Å². The van der Waals surface area contributed by atoms with E-state index in [9.17, 15) is 4.21 Å². The van der Waals surface area contributed by atoms with Crippen molar-refractivity contribution in [1.29, 1.82) is 4.78 Å². The van der Waals surface area contributed by atoms with Gasteiger partial charge < -0.3 is 21.0 Å². The van der Waals surface area contributed by atoms with Crippen LogP contribution in [0, 0.1) is 4.78 Å². The highest BCUT2D eigenvalue weighted by atomic mass is 32.2. The molecule has 5 N–H and O–H groups in total. The molecule has 1 fully saturated rings. The summed E-state index contributed by atoms with van der Waals surface area (Å²) in [5.41, 5.74) is 5.86. The lowest BCUT2D eigenvalue weighted by Gasteiger charge is -2.33. The van der Waals surface area contributed by atoms with Crippen LogP contribution in [0.4, 0.5) is 5.82 Å². The number of ether oxygens (including phenoxy) is 1. The maximum Gasteiger partial charge on any atom is 0.206 e. The van der Waals surface area contributed by atoms with Crippen LogP contribution in [0.25, 0.3) is 0 Å². The third-order valence-corrected chi connectivity index (χ3v) is 4.35. The fourth-order valence-electron chi connectivity index (χ4n) is 1.87. The molecule has 0 bridgehead atoms. The molecule has 2 atom stereocenters. The molecule has 0 aromatic carbocycles. The maximum absolute atomic E-state index is 11.8. The molecule has 0 radical (unpaired) electrons. The summed E-state index contributed by atoms with van der Waals surface area (Å²) < 4.78 is 31.0. The second kappa shape index (κ2) is 6.29. The van der Waals surface area contributed by atoms with Gasteiger partial charge in [0.05, 0.1) is 6.61 Å². The van der Waals surface area contributed by atoms with Gasteiger partial charge >= 0.3 is 0 Å². The average molecular weight is 331 g/mol. The third kappa shape index (κ3) is 3.52. The van der Waals surface area contributed by atoms with Crippen LogP contribution in [-0.4, -0.2) is 61.9 Å². The van der Waals surface area contributed by atoms with Crippen LogP contribution in [-0.2, 0) is 14.7 Å². The number of nitrogens with one attached hydrogen (secondary N) is 2. The zero-order valence-corrected chi connectivity index (χ0v) is 12.7. The number of hydrogen-bond acceptors (Lipinski definition) is 9. The van der Waals surface area contributed by atoms with Crippen molar-refractivity contribution < 1.29 is 18.8 Å². The lowest BCUT2D eigenvalue weighted by molar-refractivity contribution is 0.0223. The summed E-state index contributed by atoms with van der Waals surface area (Å²) in [5, 5.41) is 21.4. The Kier molecular flexibility index (Phi) is 4.63. The number of hydrogen-bond donors (Lipinski definition) is 4. The number of oxime groups is 1. The van der Waals surface area contributed by atoms with Crippen LogP contribution in [0.3, 0.4) is 0 Å². The highest BCUT2D eigenvalue weighted by molar-refractivity contribution is 7.89. The van der Waals surface area contributed by atoms with E-state index in [2.05, 4.69) is 32.0 Å². The Hall–Kier alpha value is -2.18. The SMILES string of the molecule is C=C(Nc1nonc1/C(N)=N\O)[C@H]1CN(S(C)(=N)=O)CCO1. The Morgan fingerprint density at radius 2 is 2.41 bits per heavy atom. The van der Waals surface area contributed by atoms with Crippen molar-refractivity contribution in [1.82, 2.24) is 14.6 Å². The fourth-order valence-corrected chi connectivity index (χ4v) is 2.71. The molecule has 0 saturated carbocycles. The summed E-state index contributed by atoms with van der Waals surface area (Å²) >= 11 is 0. The molecule has 0 aliphatic carbocycles. The van der Waals surface area contributed by atoms with Crippen LogP contribution in [0.2, 0.25) is 0 Å². The molecule has 1 aliphatic rings. The van der Waals surface area contributed by atoms with Crippen LogP contribution in [0.15, 0.2) is 22.1 Å². The quantitative estimate of drug-likeness (QED) is 0.240. The molecule has 11 nitrogen and oxygen atoms in total. The van der Waals surface area contributed by atoms with Gasteiger partial charge in [-0.3, -0.25) is 0 Å². The molecule has 12 heteroatoms. The van der Waals surface area contributed by atoms with Crippen molar-refractivity contribution in [2.45, 2.75) is 6.10 Å². The molecule has 0 amide bonds. The van der Waals surface area contributed by atoms with Gasteiger partial charge in [0.1, 0.15) is 16.0 Å². The van der Waals surface area contributed by atoms with Crippen LogP contribution in [0.1, 0.15) is 5.69 Å². The molecule has 1 aliphatic heterocycles. The molecule has 1 aromatic rings. The van der Waals surface area contributed by atoms with Gasteiger partial charge in [-0.15, -0.1) is 0 Å². The summed E-state index contributed by atoms with van der Waals surface area (Å²) in [6.07, 6.45) is 0.848. The van der Waals surface area contributed by atoms with E-state index in [1.165, 1.54) is 10.6 Å². The lowest BCUT2D eigenvalue weighted by atomic mass is 10.2. The van der Waals surface area contributed by atoms with Gasteiger partial charge in [0.15, 0.2) is 11.5 Å². The lowest BCUT2D eigenvalue weighted by Crippen LogP contribution is -2.46. The van der Waals surface area contributed by atoms with Crippen molar-refractivity contribution in [3.63, 3.8) is 0 Å². The minimum Gasteiger partial charge on any atom is -0.409 e. The van der Waals surface area contributed by atoms with E-state index in [-0.39, 0.29) is 23.9 Å². The summed E-state index contributed by atoms with van der Waals surface area (Å²) in [6, 6.07) is 0. The van der Waals surface area contributed by atoms with Gasteiger partial charge in [0.2, 0.25) is 5.82 Å². The highest BCUT2D eigenvalue weighted by Gasteiger charge is 2.27. The van der Waals surface area contributed by atoms with E-state index in [4.69, 9.17) is 20.5 Å². The Labute approximate surface area is 126 Å². The molecule has 2 heterocycles. The summed E-state index contributed by atoms with van der Waals surface area (Å²) in [7, 11) is -2.81. The molecular weight excluding hydrogens is 314 g/mol. The van der Waals surface area contributed by atoms with E-state index in [1.807, 2.05) is 0 Å². The van der Waals surface area contributed by atoms with Crippen molar-refractivity contribution >= 4 is 21.6 Å². The molecule has 1 saturated heterocycles. The van der Waals surface area contributed by atoms with Gasteiger partial charge in [0, 0.05) is 25.0 Å². The number of anilines is 1. The first-order valence-corrected chi connectivity index (χ1v) is 8.12. The zero-order valence-electron chi connectivity index (χ0n) is 11.9. The number of morpholine rings is 1. The number of nitrogens with zero attached hydrogens (tertiary/aromatic N) is 4. The normalized spacial score (nSPS) is 23.0. The van der Waals surface area contributed by atoms with Gasteiger partial charge in [-0.05, 0) is 10.3 Å². The van der Waals surface area contributed by atoms with Crippen LogP contribution < -0.4 is 11.1 Å². The third-order valence-electron chi connectivity index (χ3n) is 3.03. The van der Waals surface area contributed by atoms with E-state index in [0.29, 0.717) is 18.8 Å². The van der Waals surface area contributed by atoms with Crippen LogP contribution >= 0.6 is 0 Å². The van der Waals surface area contributed by atoms with E-state index in [0.717, 1.165) is 0 Å². The predicted octanol–water partition coefficient (Wildman–Crippen LogP) is -0.618. The largest absolute Gasteiger partial charge is 0.409 e. The molecule has 0 spiro atoms. The van der Waals surface area contributed by atoms with E-state index < -0.39 is 16.0 Å². The minimum absolute atomic E-state index is 0.0242. The molecule has 22 heavy (non-hydrogen) atoms. The standard InChI is InChI=1S/C10H17N7O4S/c1-6(7-5-17(3-4-20-7)22(2,12)19)13-10-8(9(11)14-18)15-21-16-10/h7,12,18H,1,3-5H2,2H3,(H2,11,14)(H,13,16)/t7-,22?/m1/s1. The number of nitrogens with two attached hydrogens (primary N) is 1. The average Bonchev–Trinajstić information content (AvgIpc) is 2.93. The van der Waals surface area contributed by atoms with E-state index >= 15 is 0 Å². The zero-order chi connectivity index (χ0) is 16.3. The highest BCUT2D eigenvalue weighted by Crippen LogP contribution is 2.18. The van der Waals surface area contributed by atoms with Crippen molar-refractivity contribution in [2.24, 2.45) is 10.9 Å². The van der Waals surface area contributed by atoms with Gasteiger partial charge in [-0.2, -0.15) is 0 Å². The monoisotopic (exact) mass is 331 g/mol. The Morgan fingerprint density at radius 3 is 3.05 bits per heavy atom. The molecular formula is C10H17N7O4S. The molecule has 122 valence electrons. The molecule has 1 unspecified atom stereocenters. The fraction of sp³-hybridized carbons (Fsp3) is 0.500. The summed E-state index contributed by atoms with van der Waals surface area (Å²) in [6.45, 7) is 4.80. The van der Waals surface area contributed by atoms with Gasteiger partial charge in [0.25, 0.3) is 0 Å². The summed E-state index contributed by atoms with van der Waals surface area (Å²) in [5.74, 6) is -0.158. The Morgan fingerprint density at radius 1 is 1.68 bits per heavy atom. The van der Waals surface area contributed by atoms with Gasteiger partial charge in [-0.25, -0.2) is 17.9 Å². The Balaban J connectivity index is 2.08. The maximum atomic E-state index is 11.8. The topological polar surface area (TPSA) is 163 Å². The molecule has 2 rings (SSSR count). The van der Waals surface area contributed by atoms with Gasteiger partial charge in [-0.1, -0.05) is 11.7 Å². The smallest absolute Gasteiger partial charge is 0.206 e. The second-order valence-electron chi connectivity index (χ2n) is 4.65. The number of amidine groups is 1. The molecule has 1 aromatic heterocycles. The predicted molar refractivity (Wildman–Crippen MR) is 77.7 cm³/mol. The minimum atomic E-state index is -2.81. The Bertz CT molecular complexity index is 683. The van der Waals surface area contributed by atoms with Crippen molar-refractivity contribution in [3.05, 3.63) is 18.0 Å². The summed E-state index contributed by atoms with van der Waals surface area (Å²) in [4.78, 5) is 0. The first-order valence-electron chi connectivity index (χ1n) is 6.19.